The molecule has 0 aliphatic carbocycles. The Morgan fingerprint density at radius 3 is 2.38 bits per heavy atom. The van der Waals surface area contributed by atoms with Crippen molar-refractivity contribution in [1.82, 2.24) is 0 Å². The molecule has 122 valence electrons. The van der Waals surface area contributed by atoms with E-state index >= 15 is 0 Å². The maximum Gasteiger partial charge on any atom is 0.205 e. The Morgan fingerprint density at radius 2 is 1.75 bits per heavy atom. The molecule has 0 aromatic heterocycles. The molecule has 0 radical (unpaired) electrons. The minimum atomic E-state index is -0.189. The van der Waals surface area contributed by atoms with Gasteiger partial charge in [-0.1, -0.05) is 30.3 Å². The van der Waals surface area contributed by atoms with E-state index in [-0.39, 0.29) is 11.8 Å². The Morgan fingerprint density at radius 1 is 1.08 bits per heavy atom. The van der Waals surface area contributed by atoms with E-state index in [1.54, 1.807) is 0 Å². The molecule has 0 saturated carbocycles. The second-order valence-corrected chi connectivity index (χ2v) is 5.73. The molecule has 0 saturated heterocycles. The van der Waals surface area contributed by atoms with Crippen molar-refractivity contribution in [2.24, 2.45) is 5.73 Å². The van der Waals surface area contributed by atoms with Gasteiger partial charge in [-0.25, -0.2) is 0 Å². The lowest BCUT2D eigenvalue weighted by Crippen LogP contribution is -2.22. The third-order valence-corrected chi connectivity index (χ3v) is 4.48. The number of allylic oxidation sites excluding steroid dienone is 1. The van der Waals surface area contributed by atoms with Gasteiger partial charge < -0.3 is 15.4 Å². The molecule has 0 spiro atoms. The largest absolute Gasteiger partial charge is 0.440 e. The van der Waals surface area contributed by atoms with E-state index in [9.17, 15) is 5.26 Å². The molecule has 0 unspecified atom stereocenters. The number of para-hydroxylation sites is 1. The first-order valence-corrected chi connectivity index (χ1v) is 8.21. The smallest absolute Gasteiger partial charge is 0.205 e. The number of benzene rings is 2. The SMILES string of the molecule is CCN(CC)c1ccc([C@H]2C(C#N)=C(N)Oc3ccccc32)cc1. The number of nitriles is 1. The zero-order valence-electron chi connectivity index (χ0n) is 14.0. The summed E-state index contributed by atoms with van der Waals surface area (Å²) in [7, 11) is 0. The van der Waals surface area contributed by atoms with Crippen LogP contribution in [0.1, 0.15) is 30.9 Å². The first kappa shape index (κ1) is 15.9. The number of fused-ring (bicyclic) bond motifs is 1. The lowest BCUT2D eigenvalue weighted by molar-refractivity contribution is 0.393. The lowest BCUT2D eigenvalue weighted by atomic mass is 9.83. The van der Waals surface area contributed by atoms with E-state index in [1.807, 2.05) is 24.3 Å². The predicted octanol–water partition coefficient (Wildman–Crippen LogP) is 3.75. The van der Waals surface area contributed by atoms with Gasteiger partial charge in [-0.15, -0.1) is 0 Å². The van der Waals surface area contributed by atoms with Crippen molar-refractivity contribution in [3.05, 3.63) is 71.1 Å². The number of hydrogen-bond acceptors (Lipinski definition) is 4. The Labute approximate surface area is 142 Å². The lowest BCUT2D eigenvalue weighted by Gasteiger charge is -2.27. The first-order valence-electron chi connectivity index (χ1n) is 8.21. The average Bonchev–Trinajstić information content (AvgIpc) is 2.62. The Kier molecular flexibility index (Phi) is 4.43. The zero-order valence-corrected chi connectivity index (χ0v) is 14.0. The Hall–Kier alpha value is -2.93. The molecule has 4 heteroatoms. The molecule has 0 fully saturated rings. The van der Waals surface area contributed by atoms with E-state index in [1.165, 1.54) is 5.69 Å². The fourth-order valence-electron chi connectivity index (χ4n) is 3.22. The van der Waals surface area contributed by atoms with Crippen LogP contribution in [0.2, 0.25) is 0 Å². The number of nitrogens with two attached hydrogens (primary N) is 1. The standard InChI is InChI=1S/C20H21N3O/c1-3-23(4-2)15-11-9-14(10-12-15)19-16-7-5-6-8-18(16)24-20(22)17(19)13-21/h5-12,19H,3-4,22H2,1-2H3/t19-/m1/s1. The molecule has 0 bridgehead atoms. The van der Waals surface area contributed by atoms with Crippen LogP contribution in [-0.2, 0) is 0 Å². The minimum Gasteiger partial charge on any atom is -0.440 e. The maximum atomic E-state index is 9.56. The number of nitrogens with zero attached hydrogens (tertiary/aromatic N) is 2. The van der Waals surface area contributed by atoms with Gasteiger partial charge in [0.25, 0.3) is 0 Å². The van der Waals surface area contributed by atoms with Gasteiger partial charge in [0, 0.05) is 24.3 Å². The van der Waals surface area contributed by atoms with Crippen LogP contribution in [0.15, 0.2) is 60.0 Å². The molecule has 2 N–H and O–H groups in total. The summed E-state index contributed by atoms with van der Waals surface area (Å²) in [6, 6.07) is 18.3. The summed E-state index contributed by atoms with van der Waals surface area (Å²) in [6.45, 7) is 6.21. The highest BCUT2D eigenvalue weighted by Crippen LogP contribution is 2.41. The molecule has 1 atom stereocenters. The van der Waals surface area contributed by atoms with Crippen molar-refractivity contribution in [3.8, 4) is 11.8 Å². The molecular weight excluding hydrogens is 298 g/mol. The van der Waals surface area contributed by atoms with Gasteiger partial charge in [0.1, 0.15) is 17.4 Å². The van der Waals surface area contributed by atoms with Crippen LogP contribution in [0.4, 0.5) is 5.69 Å². The highest BCUT2D eigenvalue weighted by Gasteiger charge is 2.30. The van der Waals surface area contributed by atoms with E-state index in [4.69, 9.17) is 10.5 Å². The highest BCUT2D eigenvalue weighted by molar-refractivity contribution is 5.57. The second kappa shape index (κ2) is 6.67. The van der Waals surface area contributed by atoms with Crippen LogP contribution in [0.3, 0.4) is 0 Å². The van der Waals surface area contributed by atoms with E-state index < -0.39 is 0 Å². The Balaban J connectivity index is 2.05. The summed E-state index contributed by atoms with van der Waals surface area (Å²) in [4.78, 5) is 2.29. The maximum absolute atomic E-state index is 9.56. The summed E-state index contributed by atoms with van der Waals surface area (Å²) in [5, 5.41) is 9.56. The molecule has 0 amide bonds. The second-order valence-electron chi connectivity index (χ2n) is 5.73. The monoisotopic (exact) mass is 319 g/mol. The summed E-state index contributed by atoms with van der Waals surface area (Å²) < 4.78 is 5.61. The molecule has 2 aromatic carbocycles. The summed E-state index contributed by atoms with van der Waals surface area (Å²) in [5.74, 6) is 0.714. The average molecular weight is 319 g/mol. The van der Waals surface area contributed by atoms with Crippen LogP contribution in [0.5, 0.6) is 5.75 Å². The number of ether oxygens (including phenoxy) is 1. The molecule has 2 aromatic rings. The van der Waals surface area contributed by atoms with Crippen LogP contribution in [-0.4, -0.2) is 13.1 Å². The van der Waals surface area contributed by atoms with Gasteiger partial charge in [-0.2, -0.15) is 5.26 Å². The molecular formula is C20H21N3O. The fourth-order valence-corrected chi connectivity index (χ4v) is 3.22. The van der Waals surface area contributed by atoms with Crippen molar-refractivity contribution in [2.75, 3.05) is 18.0 Å². The number of anilines is 1. The van der Waals surface area contributed by atoms with Gasteiger partial charge in [0.05, 0.1) is 5.92 Å². The third-order valence-electron chi connectivity index (χ3n) is 4.48. The fraction of sp³-hybridized carbons (Fsp3) is 0.250. The molecule has 24 heavy (non-hydrogen) atoms. The van der Waals surface area contributed by atoms with Crippen LogP contribution in [0.25, 0.3) is 0 Å². The summed E-state index contributed by atoms with van der Waals surface area (Å²) in [6.07, 6.45) is 0. The van der Waals surface area contributed by atoms with Crippen LogP contribution >= 0.6 is 0 Å². The molecule has 1 aliphatic heterocycles. The van der Waals surface area contributed by atoms with Gasteiger partial charge in [-0.05, 0) is 37.6 Å². The number of rotatable bonds is 4. The van der Waals surface area contributed by atoms with E-state index in [2.05, 4.69) is 49.1 Å². The normalized spacial score (nSPS) is 16.1. The molecule has 1 aliphatic rings. The molecule has 1 heterocycles. The van der Waals surface area contributed by atoms with Crippen molar-refractivity contribution < 1.29 is 4.74 Å². The topological polar surface area (TPSA) is 62.3 Å². The highest BCUT2D eigenvalue weighted by atomic mass is 16.5. The minimum absolute atomic E-state index is 0.189. The van der Waals surface area contributed by atoms with E-state index in [0.29, 0.717) is 11.3 Å². The molecule has 3 rings (SSSR count). The van der Waals surface area contributed by atoms with Crippen LogP contribution in [0, 0.1) is 11.3 Å². The van der Waals surface area contributed by atoms with Gasteiger partial charge >= 0.3 is 0 Å². The van der Waals surface area contributed by atoms with Crippen molar-refractivity contribution in [1.29, 1.82) is 5.26 Å². The van der Waals surface area contributed by atoms with Crippen molar-refractivity contribution >= 4 is 5.69 Å². The van der Waals surface area contributed by atoms with E-state index in [0.717, 1.165) is 24.2 Å². The zero-order chi connectivity index (χ0) is 17.1. The van der Waals surface area contributed by atoms with Gasteiger partial charge in [0.15, 0.2) is 0 Å². The van der Waals surface area contributed by atoms with Crippen molar-refractivity contribution in [3.63, 3.8) is 0 Å². The van der Waals surface area contributed by atoms with Crippen LogP contribution < -0.4 is 15.4 Å². The summed E-state index contributed by atoms with van der Waals surface area (Å²) in [5.41, 5.74) is 9.64. The van der Waals surface area contributed by atoms with Gasteiger partial charge in [-0.3, -0.25) is 0 Å². The molecule has 4 nitrogen and oxygen atoms in total. The number of hydrogen-bond donors (Lipinski definition) is 1. The summed E-state index contributed by atoms with van der Waals surface area (Å²) >= 11 is 0. The van der Waals surface area contributed by atoms with Crippen molar-refractivity contribution in [2.45, 2.75) is 19.8 Å². The quantitative estimate of drug-likeness (QED) is 0.932. The Bertz CT molecular complexity index is 798. The van der Waals surface area contributed by atoms with Gasteiger partial charge in [0.2, 0.25) is 5.88 Å². The third kappa shape index (κ3) is 2.69. The predicted molar refractivity (Wildman–Crippen MR) is 95.7 cm³/mol. The first-order chi connectivity index (χ1) is 11.7.